The van der Waals surface area contributed by atoms with Crippen LogP contribution in [0.5, 0.6) is 0 Å². The molecule has 1 amide bonds. The molecule has 22 heavy (non-hydrogen) atoms. The number of rotatable bonds is 4. The van der Waals surface area contributed by atoms with Gasteiger partial charge in [-0.25, -0.2) is 9.87 Å². The summed E-state index contributed by atoms with van der Waals surface area (Å²) in [6.07, 6.45) is 5.61. The minimum atomic E-state index is -0.662. The van der Waals surface area contributed by atoms with Gasteiger partial charge < -0.3 is 0 Å². The first-order valence-corrected chi connectivity index (χ1v) is 8.12. The summed E-state index contributed by atoms with van der Waals surface area (Å²) in [5, 5.41) is 8.74. The minimum absolute atomic E-state index is 0.178. The smallest absolute Gasteiger partial charge is 0.274 e. The zero-order valence-corrected chi connectivity index (χ0v) is 12.9. The highest BCUT2D eigenvalue weighted by Crippen LogP contribution is 2.33. The first kappa shape index (κ1) is 15.4. The van der Waals surface area contributed by atoms with E-state index in [1.807, 2.05) is 0 Å². The molecule has 3 rings (SSSR count). The largest absolute Gasteiger partial charge is 0.296 e. The fourth-order valence-corrected chi connectivity index (χ4v) is 3.59. The molecule has 1 aromatic carbocycles. The first-order chi connectivity index (χ1) is 10.6. The Labute approximate surface area is 130 Å². The zero-order chi connectivity index (χ0) is 15.7. The lowest BCUT2D eigenvalue weighted by Gasteiger charge is -2.40. The van der Waals surface area contributed by atoms with Crippen molar-refractivity contribution in [2.24, 2.45) is 5.92 Å². The quantitative estimate of drug-likeness (QED) is 0.664. The summed E-state index contributed by atoms with van der Waals surface area (Å²) in [7, 11) is 0. The number of carbonyl (C=O) groups excluding carboxylic acids is 1. The molecule has 1 fully saturated rings. The topological polar surface area (TPSA) is 52.6 Å². The summed E-state index contributed by atoms with van der Waals surface area (Å²) in [5.41, 5.74) is 3.36. The zero-order valence-electron chi connectivity index (χ0n) is 12.9. The van der Waals surface area contributed by atoms with Gasteiger partial charge in [-0.15, -0.1) is 0 Å². The Kier molecular flexibility index (Phi) is 4.45. The summed E-state index contributed by atoms with van der Waals surface area (Å²) in [6.45, 7) is 3.90. The van der Waals surface area contributed by atoms with Gasteiger partial charge in [0.15, 0.2) is 0 Å². The number of benzene rings is 1. The fraction of sp³-hybridized carbons (Fsp3) is 0.588. The number of fused-ring (bicyclic) bond motifs is 1. The summed E-state index contributed by atoms with van der Waals surface area (Å²) in [6, 6.07) is 3.31. The second kappa shape index (κ2) is 6.34. The third-order valence-electron chi connectivity index (χ3n) is 5.17. The van der Waals surface area contributed by atoms with Gasteiger partial charge in [0.1, 0.15) is 5.82 Å². The molecule has 1 aromatic rings. The molecule has 0 aromatic heterocycles. The van der Waals surface area contributed by atoms with Gasteiger partial charge >= 0.3 is 0 Å². The van der Waals surface area contributed by atoms with E-state index in [9.17, 15) is 9.18 Å². The lowest BCUT2D eigenvalue weighted by atomic mass is 9.83. The van der Waals surface area contributed by atoms with Crippen molar-refractivity contribution in [1.29, 1.82) is 0 Å². The van der Waals surface area contributed by atoms with Crippen LogP contribution in [0.15, 0.2) is 12.1 Å². The average Bonchev–Trinajstić information content (AvgIpc) is 2.49. The highest BCUT2D eigenvalue weighted by molar-refractivity contribution is 5.93. The number of carbonyl (C=O) groups is 1. The van der Waals surface area contributed by atoms with E-state index >= 15 is 0 Å². The van der Waals surface area contributed by atoms with Crippen molar-refractivity contribution in [3.8, 4) is 0 Å². The van der Waals surface area contributed by atoms with Gasteiger partial charge in [-0.2, -0.15) is 0 Å². The standard InChI is InChI=1S/C17H23FN2O2/c1-2-14-8-15-13(10-20(14)9-11-4-3-5-11)6-12(7-16(15)18)17(21)19-22/h6-7,11,14,22H,2-5,8-10H2,1H3,(H,19,21)/t14-/m1/s1. The SMILES string of the molecule is CC[C@@H]1Cc2c(F)cc(C(=O)NO)cc2CN1CC1CCC1. The van der Waals surface area contributed by atoms with Crippen molar-refractivity contribution >= 4 is 5.91 Å². The maximum absolute atomic E-state index is 14.3. The third-order valence-corrected chi connectivity index (χ3v) is 5.17. The number of nitrogens with one attached hydrogen (secondary N) is 1. The Balaban J connectivity index is 1.86. The molecule has 0 radical (unpaired) electrons. The van der Waals surface area contributed by atoms with Gasteiger partial charge in [-0.1, -0.05) is 13.3 Å². The number of halogens is 1. The Bertz CT molecular complexity index is 572. The van der Waals surface area contributed by atoms with Crippen LogP contribution in [-0.2, 0) is 13.0 Å². The van der Waals surface area contributed by atoms with Crippen molar-refractivity contribution in [3.05, 3.63) is 34.6 Å². The summed E-state index contributed by atoms with van der Waals surface area (Å²) >= 11 is 0. The fourth-order valence-electron chi connectivity index (χ4n) is 3.59. The van der Waals surface area contributed by atoms with Crippen molar-refractivity contribution in [3.63, 3.8) is 0 Å². The highest BCUT2D eigenvalue weighted by atomic mass is 19.1. The molecular weight excluding hydrogens is 283 g/mol. The molecule has 1 heterocycles. The molecule has 120 valence electrons. The molecule has 0 spiro atoms. The molecule has 4 nitrogen and oxygen atoms in total. The second-order valence-corrected chi connectivity index (χ2v) is 6.53. The maximum atomic E-state index is 14.3. The summed E-state index contributed by atoms with van der Waals surface area (Å²) in [5.74, 6) is -0.230. The van der Waals surface area contributed by atoms with Crippen LogP contribution in [0.2, 0.25) is 0 Å². The van der Waals surface area contributed by atoms with E-state index in [4.69, 9.17) is 5.21 Å². The van der Waals surface area contributed by atoms with E-state index in [0.29, 0.717) is 19.0 Å². The van der Waals surface area contributed by atoms with Gasteiger partial charge in [-0.3, -0.25) is 14.9 Å². The molecule has 2 N–H and O–H groups in total. The van der Waals surface area contributed by atoms with Gasteiger partial charge in [0, 0.05) is 24.7 Å². The number of hydrogen-bond acceptors (Lipinski definition) is 3. The molecule has 1 saturated carbocycles. The van der Waals surface area contributed by atoms with E-state index in [0.717, 1.165) is 30.0 Å². The van der Waals surface area contributed by atoms with Crippen LogP contribution in [0, 0.1) is 11.7 Å². The van der Waals surface area contributed by atoms with Crippen LogP contribution in [0.1, 0.15) is 54.1 Å². The van der Waals surface area contributed by atoms with E-state index in [1.165, 1.54) is 25.3 Å². The molecule has 1 aliphatic carbocycles. The Hall–Kier alpha value is -1.46. The predicted octanol–water partition coefficient (Wildman–Crippen LogP) is 2.88. The lowest BCUT2D eigenvalue weighted by molar-refractivity contribution is 0.0705. The van der Waals surface area contributed by atoms with Gasteiger partial charge in [0.05, 0.1) is 0 Å². The van der Waals surface area contributed by atoms with Gasteiger partial charge in [0.2, 0.25) is 0 Å². The monoisotopic (exact) mass is 306 g/mol. The van der Waals surface area contributed by atoms with Gasteiger partial charge in [-0.05, 0) is 54.9 Å². The Morgan fingerprint density at radius 1 is 1.45 bits per heavy atom. The van der Waals surface area contributed by atoms with E-state index in [2.05, 4.69) is 11.8 Å². The number of amides is 1. The molecular formula is C17H23FN2O2. The maximum Gasteiger partial charge on any atom is 0.274 e. The number of hydroxylamine groups is 1. The van der Waals surface area contributed by atoms with Crippen LogP contribution in [0.3, 0.4) is 0 Å². The van der Waals surface area contributed by atoms with Crippen LogP contribution in [-0.4, -0.2) is 28.6 Å². The molecule has 1 aliphatic heterocycles. The minimum Gasteiger partial charge on any atom is -0.296 e. The predicted molar refractivity (Wildman–Crippen MR) is 81.2 cm³/mol. The Morgan fingerprint density at radius 3 is 2.82 bits per heavy atom. The van der Waals surface area contributed by atoms with Crippen molar-refractivity contribution in [2.75, 3.05) is 6.54 Å². The first-order valence-electron chi connectivity index (χ1n) is 8.12. The van der Waals surface area contributed by atoms with Crippen LogP contribution >= 0.6 is 0 Å². The van der Waals surface area contributed by atoms with Crippen molar-refractivity contribution in [1.82, 2.24) is 10.4 Å². The number of hydrogen-bond donors (Lipinski definition) is 2. The molecule has 0 unspecified atom stereocenters. The second-order valence-electron chi connectivity index (χ2n) is 6.53. The average molecular weight is 306 g/mol. The molecule has 5 heteroatoms. The van der Waals surface area contributed by atoms with Crippen LogP contribution in [0.4, 0.5) is 4.39 Å². The van der Waals surface area contributed by atoms with E-state index < -0.39 is 5.91 Å². The Morgan fingerprint density at radius 2 is 2.23 bits per heavy atom. The van der Waals surface area contributed by atoms with Crippen molar-refractivity contribution < 1.29 is 14.4 Å². The highest BCUT2D eigenvalue weighted by Gasteiger charge is 2.30. The molecule has 1 atom stereocenters. The summed E-state index contributed by atoms with van der Waals surface area (Å²) < 4.78 is 14.3. The molecule has 0 bridgehead atoms. The lowest BCUT2D eigenvalue weighted by Crippen LogP contribution is -2.44. The third kappa shape index (κ3) is 2.88. The van der Waals surface area contributed by atoms with Crippen molar-refractivity contribution in [2.45, 2.75) is 51.6 Å². The van der Waals surface area contributed by atoms with E-state index in [1.54, 1.807) is 11.5 Å². The van der Waals surface area contributed by atoms with Crippen LogP contribution in [0.25, 0.3) is 0 Å². The van der Waals surface area contributed by atoms with E-state index in [-0.39, 0.29) is 11.4 Å². The van der Waals surface area contributed by atoms with Crippen LogP contribution < -0.4 is 5.48 Å². The molecule has 0 saturated heterocycles. The number of nitrogens with zero attached hydrogens (tertiary/aromatic N) is 1. The normalized spacial score (nSPS) is 22.0. The van der Waals surface area contributed by atoms with Gasteiger partial charge in [0.25, 0.3) is 5.91 Å². The molecule has 2 aliphatic rings. The summed E-state index contributed by atoms with van der Waals surface area (Å²) in [4.78, 5) is 14.0.